The molecular weight excluding hydrogens is 378 g/mol. The molecule has 3 aromatic rings. The van der Waals surface area contributed by atoms with Crippen molar-refractivity contribution in [1.82, 2.24) is 4.98 Å². The number of hydrogen-bond acceptors (Lipinski definition) is 5. The second-order valence-electron chi connectivity index (χ2n) is 5.93. The second-order valence-corrected chi connectivity index (χ2v) is 8.04. The minimum atomic E-state index is -0.437. The number of carbonyl (C=O) groups excluding carboxylic acids is 2. The van der Waals surface area contributed by atoms with E-state index in [0.717, 1.165) is 21.3 Å². The lowest BCUT2D eigenvalue weighted by Crippen LogP contribution is -2.17. The molecule has 0 saturated heterocycles. The Morgan fingerprint density at radius 2 is 1.89 bits per heavy atom. The van der Waals surface area contributed by atoms with Gasteiger partial charge in [-0.2, -0.15) is 0 Å². The summed E-state index contributed by atoms with van der Waals surface area (Å²) in [5.74, 6) is 0.142. The second kappa shape index (κ2) is 8.83. The van der Waals surface area contributed by atoms with E-state index in [0.29, 0.717) is 16.8 Å². The average molecular weight is 398 g/mol. The summed E-state index contributed by atoms with van der Waals surface area (Å²) in [4.78, 5) is 29.2. The van der Waals surface area contributed by atoms with Crippen LogP contribution in [0, 0.1) is 6.92 Å². The predicted molar refractivity (Wildman–Crippen MR) is 110 cm³/mol. The standard InChI is InChI=1S/C20H19N3O2S2/c1-13-22-16(11-26-13)12-27-17-8-6-14(7-9-17)20(25)23-18-5-3-2-4-15(18)10-19(21)24/h2-9,11H,10,12H2,1H3,(H2,21,24)(H,23,25). The number of nitrogens with zero attached hydrogens (tertiary/aromatic N) is 1. The predicted octanol–water partition coefficient (Wildman–Crippen LogP) is 4.02. The number of primary amides is 1. The molecule has 0 spiro atoms. The molecule has 1 heterocycles. The highest BCUT2D eigenvalue weighted by Crippen LogP contribution is 2.24. The molecule has 0 unspecified atom stereocenters. The maximum atomic E-state index is 12.5. The fourth-order valence-electron chi connectivity index (χ4n) is 2.51. The zero-order valence-corrected chi connectivity index (χ0v) is 16.4. The Hall–Kier alpha value is -2.64. The number of para-hydroxylation sites is 1. The third kappa shape index (κ3) is 5.42. The van der Waals surface area contributed by atoms with E-state index in [1.54, 1.807) is 53.4 Å². The topological polar surface area (TPSA) is 85.1 Å². The highest BCUT2D eigenvalue weighted by Gasteiger charge is 2.10. The first-order valence-corrected chi connectivity index (χ1v) is 10.2. The van der Waals surface area contributed by atoms with Crippen molar-refractivity contribution in [2.24, 2.45) is 5.73 Å². The molecular formula is C20H19N3O2S2. The van der Waals surface area contributed by atoms with E-state index in [9.17, 15) is 9.59 Å². The van der Waals surface area contributed by atoms with Gasteiger partial charge in [0.05, 0.1) is 17.1 Å². The van der Waals surface area contributed by atoms with Crippen LogP contribution < -0.4 is 11.1 Å². The summed E-state index contributed by atoms with van der Waals surface area (Å²) in [6.07, 6.45) is 0.0854. The van der Waals surface area contributed by atoms with Gasteiger partial charge in [0.15, 0.2) is 0 Å². The van der Waals surface area contributed by atoms with Crippen LogP contribution in [0.4, 0.5) is 5.69 Å². The van der Waals surface area contributed by atoms with Gasteiger partial charge in [-0.1, -0.05) is 18.2 Å². The van der Waals surface area contributed by atoms with Crippen LogP contribution in [0.2, 0.25) is 0 Å². The Morgan fingerprint density at radius 1 is 1.15 bits per heavy atom. The SMILES string of the molecule is Cc1nc(CSc2ccc(C(=O)Nc3ccccc3CC(N)=O)cc2)cs1. The van der Waals surface area contributed by atoms with Gasteiger partial charge in [0.25, 0.3) is 5.91 Å². The Balaban J connectivity index is 1.63. The van der Waals surface area contributed by atoms with E-state index in [4.69, 9.17) is 5.73 Å². The van der Waals surface area contributed by atoms with Gasteiger partial charge in [0, 0.05) is 27.3 Å². The van der Waals surface area contributed by atoms with Gasteiger partial charge < -0.3 is 11.1 Å². The van der Waals surface area contributed by atoms with Crippen molar-refractivity contribution >= 4 is 40.6 Å². The van der Waals surface area contributed by atoms with Gasteiger partial charge in [-0.05, 0) is 42.8 Å². The minimum absolute atomic E-state index is 0.0854. The molecule has 27 heavy (non-hydrogen) atoms. The van der Waals surface area contributed by atoms with Crippen LogP contribution in [0.3, 0.4) is 0 Å². The number of rotatable bonds is 7. The van der Waals surface area contributed by atoms with E-state index < -0.39 is 5.91 Å². The molecule has 0 aliphatic rings. The first-order chi connectivity index (χ1) is 13.0. The van der Waals surface area contributed by atoms with Crippen molar-refractivity contribution in [2.75, 3.05) is 5.32 Å². The Morgan fingerprint density at radius 3 is 2.56 bits per heavy atom. The number of amides is 2. The van der Waals surface area contributed by atoms with E-state index in [2.05, 4.69) is 15.7 Å². The molecule has 0 fully saturated rings. The quantitative estimate of drug-likeness (QED) is 0.590. The summed E-state index contributed by atoms with van der Waals surface area (Å²) in [7, 11) is 0. The fourth-order valence-corrected chi connectivity index (χ4v) is 4.02. The molecule has 0 radical (unpaired) electrons. The number of benzene rings is 2. The number of nitrogens with one attached hydrogen (secondary N) is 1. The van der Waals surface area contributed by atoms with Crippen LogP contribution in [0.15, 0.2) is 58.8 Å². The molecule has 3 N–H and O–H groups in total. The zero-order valence-electron chi connectivity index (χ0n) is 14.8. The average Bonchev–Trinajstić information content (AvgIpc) is 3.07. The first-order valence-electron chi connectivity index (χ1n) is 8.32. The van der Waals surface area contributed by atoms with E-state index in [1.807, 2.05) is 25.1 Å². The molecule has 0 aliphatic carbocycles. The highest BCUT2D eigenvalue weighted by atomic mass is 32.2. The fraction of sp³-hybridized carbons (Fsp3) is 0.150. The molecule has 5 nitrogen and oxygen atoms in total. The van der Waals surface area contributed by atoms with Gasteiger partial charge in [0.2, 0.25) is 5.91 Å². The summed E-state index contributed by atoms with van der Waals surface area (Å²) in [6.45, 7) is 1.99. The molecule has 0 aliphatic heterocycles. The molecule has 0 atom stereocenters. The molecule has 2 aromatic carbocycles. The minimum Gasteiger partial charge on any atom is -0.369 e. The maximum absolute atomic E-state index is 12.5. The summed E-state index contributed by atoms with van der Waals surface area (Å²) in [5, 5.41) is 5.98. The van der Waals surface area contributed by atoms with Crippen LogP contribution in [-0.4, -0.2) is 16.8 Å². The summed E-state index contributed by atoms with van der Waals surface area (Å²) < 4.78 is 0. The number of aromatic nitrogens is 1. The van der Waals surface area contributed by atoms with Crippen LogP contribution in [0.1, 0.15) is 26.6 Å². The molecule has 138 valence electrons. The molecule has 2 amide bonds. The lowest BCUT2D eigenvalue weighted by molar-refractivity contribution is -0.117. The van der Waals surface area contributed by atoms with Crippen molar-refractivity contribution in [3.05, 3.63) is 75.7 Å². The van der Waals surface area contributed by atoms with Gasteiger partial charge in [-0.15, -0.1) is 23.1 Å². The summed E-state index contributed by atoms with van der Waals surface area (Å²) in [5.41, 5.74) is 8.18. The van der Waals surface area contributed by atoms with Gasteiger partial charge in [-0.25, -0.2) is 4.98 Å². The molecule has 1 aromatic heterocycles. The van der Waals surface area contributed by atoms with Gasteiger partial charge in [0.1, 0.15) is 0 Å². The number of thioether (sulfide) groups is 1. The monoisotopic (exact) mass is 397 g/mol. The van der Waals surface area contributed by atoms with Crippen molar-refractivity contribution in [1.29, 1.82) is 0 Å². The number of nitrogens with two attached hydrogens (primary N) is 1. The van der Waals surface area contributed by atoms with Crippen LogP contribution >= 0.6 is 23.1 Å². The molecule has 0 saturated carbocycles. The van der Waals surface area contributed by atoms with E-state index in [1.165, 1.54) is 0 Å². The van der Waals surface area contributed by atoms with Crippen LogP contribution in [0.25, 0.3) is 0 Å². The third-order valence-corrected chi connectivity index (χ3v) is 5.67. The summed E-state index contributed by atoms with van der Waals surface area (Å²) >= 11 is 3.33. The molecule has 0 bridgehead atoms. The first kappa shape index (κ1) is 19.1. The summed E-state index contributed by atoms with van der Waals surface area (Å²) in [6, 6.07) is 14.6. The largest absolute Gasteiger partial charge is 0.369 e. The smallest absolute Gasteiger partial charge is 0.255 e. The van der Waals surface area contributed by atoms with Crippen molar-refractivity contribution in [2.45, 2.75) is 24.0 Å². The zero-order chi connectivity index (χ0) is 19.2. The van der Waals surface area contributed by atoms with Crippen LogP contribution in [0.5, 0.6) is 0 Å². The molecule has 3 rings (SSSR count). The Bertz CT molecular complexity index is 952. The highest BCUT2D eigenvalue weighted by molar-refractivity contribution is 7.98. The Kier molecular flexibility index (Phi) is 6.26. The normalized spacial score (nSPS) is 10.6. The van der Waals surface area contributed by atoms with Crippen molar-refractivity contribution < 1.29 is 9.59 Å². The maximum Gasteiger partial charge on any atom is 0.255 e. The van der Waals surface area contributed by atoms with Crippen molar-refractivity contribution in [3.63, 3.8) is 0 Å². The number of anilines is 1. The Labute approximate surface area is 166 Å². The van der Waals surface area contributed by atoms with Gasteiger partial charge in [-0.3, -0.25) is 9.59 Å². The van der Waals surface area contributed by atoms with Crippen LogP contribution in [-0.2, 0) is 17.0 Å². The van der Waals surface area contributed by atoms with E-state index >= 15 is 0 Å². The lowest BCUT2D eigenvalue weighted by atomic mass is 10.1. The van der Waals surface area contributed by atoms with E-state index in [-0.39, 0.29) is 12.3 Å². The molecule has 7 heteroatoms. The number of hydrogen-bond donors (Lipinski definition) is 2. The van der Waals surface area contributed by atoms with Gasteiger partial charge >= 0.3 is 0 Å². The lowest BCUT2D eigenvalue weighted by Gasteiger charge is -2.10. The number of aryl methyl sites for hydroxylation is 1. The van der Waals surface area contributed by atoms with Crippen molar-refractivity contribution in [3.8, 4) is 0 Å². The number of carbonyl (C=O) groups is 2. The third-order valence-electron chi connectivity index (χ3n) is 3.80. The number of thiazole rings is 1.